The summed E-state index contributed by atoms with van der Waals surface area (Å²) < 4.78 is 13.8. The Kier molecular flexibility index (Phi) is 5.20. The number of halogens is 1. The number of hydrogen-bond acceptors (Lipinski definition) is 2. The molecule has 1 aliphatic heterocycles. The highest BCUT2D eigenvalue weighted by Gasteiger charge is 2.18. The van der Waals surface area contributed by atoms with Gasteiger partial charge < -0.3 is 10.2 Å². The van der Waals surface area contributed by atoms with Crippen molar-refractivity contribution in [3.8, 4) is 0 Å². The van der Waals surface area contributed by atoms with Crippen molar-refractivity contribution in [1.29, 1.82) is 0 Å². The molecule has 1 atom stereocenters. The van der Waals surface area contributed by atoms with Crippen LogP contribution in [0.15, 0.2) is 18.2 Å². The lowest BCUT2D eigenvalue weighted by molar-refractivity contribution is 0.285. The Bertz CT molecular complexity index is 385. The van der Waals surface area contributed by atoms with Crippen LogP contribution in [0.5, 0.6) is 0 Å². The van der Waals surface area contributed by atoms with E-state index in [1.807, 2.05) is 13.0 Å². The summed E-state index contributed by atoms with van der Waals surface area (Å²) in [4.78, 5) is 2.52. The van der Waals surface area contributed by atoms with Gasteiger partial charge in [0.2, 0.25) is 0 Å². The van der Waals surface area contributed by atoms with E-state index in [9.17, 15) is 4.39 Å². The van der Waals surface area contributed by atoms with Gasteiger partial charge in [-0.1, -0.05) is 19.1 Å². The molecule has 0 radical (unpaired) electrons. The van der Waals surface area contributed by atoms with Gasteiger partial charge in [-0.15, -0.1) is 0 Å². The molecule has 0 saturated carbocycles. The quantitative estimate of drug-likeness (QED) is 0.889. The highest BCUT2D eigenvalue weighted by molar-refractivity contribution is 5.52. The minimum atomic E-state index is -0.130. The summed E-state index contributed by atoms with van der Waals surface area (Å²) in [6.45, 7) is 7.68. The topological polar surface area (TPSA) is 15.3 Å². The van der Waals surface area contributed by atoms with E-state index in [4.69, 9.17) is 0 Å². The van der Waals surface area contributed by atoms with E-state index < -0.39 is 0 Å². The van der Waals surface area contributed by atoms with Crippen molar-refractivity contribution in [2.45, 2.75) is 45.6 Å². The molecule has 2 nitrogen and oxygen atoms in total. The fourth-order valence-corrected chi connectivity index (χ4v) is 2.86. The van der Waals surface area contributed by atoms with Crippen LogP contribution in [0.1, 0.15) is 38.2 Å². The molecule has 1 N–H and O–H groups in total. The molecule has 0 bridgehead atoms. The number of likely N-dealkylation sites (tertiary alicyclic amines) is 1. The van der Waals surface area contributed by atoms with E-state index in [2.05, 4.69) is 17.1 Å². The summed E-state index contributed by atoms with van der Waals surface area (Å²) in [5.74, 6) is -0.130. The maximum atomic E-state index is 13.8. The number of rotatable bonds is 4. The molecule has 3 heteroatoms. The molecule has 1 saturated heterocycles. The molecular formula is C16H25FN2. The maximum absolute atomic E-state index is 13.8. The molecule has 0 amide bonds. The number of hydrogen-bond donors (Lipinski definition) is 1. The van der Waals surface area contributed by atoms with Crippen LogP contribution in [-0.4, -0.2) is 30.6 Å². The molecule has 19 heavy (non-hydrogen) atoms. The minimum Gasteiger partial charge on any atom is -0.380 e. The second-order valence-electron chi connectivity index (χ2n) is 5.55. The number of anilines is 1. The lowest BCUT2D eigenvalue weighted by atomic mass is 10.1. The van der Waals surface area contributed by atoms with Gasteiger partial charge in [0.1, 0.15) is 5.82 Å². The molecule has 1 aromatic carbocycles. The Balaban J connectivity index is 1.96. The van der Waals surface area contributed by atoms with Crippen molar-refractivity contribution < 1.29 is 4.39 Å². The second-order valence-corrected chi connectivity index (χ2v) is 5.55. The van der Waals surface area contributed by atoms with Gasteiger partial charge in [0.25, 0.3) is 0 Å². The summed E-state index contributed by atoms with van der Waals surface area (Å²) in [6.07, 6.45) is 4.65. The molecule has 106 valence electrons. The molecule has 0 aromatic heterocycles. The minimum absolute atomic E-state index is 0.130. The van der Waals surface area contributed by atoms with Crippen LogP contribution < -0.4 is 5.32 Å². The van der Waals surface area contributed by atoms with E-state index in [1.165, 1.54) is 32.0 Å². The first-order chi connectivity index (χ1) is 9.20. The van der Waals surface area contributed by atoms with Crippen molar-refractivity contribution in [2.75, 3.05) is 25.0 Å². The van der Waals surface area contributed by atoms with Gasteiger partial charge >= 0.3 is 0 Å². The molecule has 2 rings (SSSR count). The third kappa shape index (κ3) is 3.93. The summed E-state index contributed by atoms with van der Waals surface area (Å²) >= 11 is 0. The van der Waals surface area contributed by atoms with E-state index in [1.54, 1.807) is 6.07 Å². The highest BCUT2D eigenvalue weighted by Crippen LogP contribution is 2.23. The summed E-state index contributed by atoms with van der Waals surface area (Å²) in [5, 5.41) is 3.42. The normalized spacial score (nSPS) is 21.1. The zero-order chi connectivity index (χ0) is 13.7. The smallest absolute Gasteiger partial charge is 0.146 e. The fourth-order valence-electron chi connectivity index (χ4n) is 2.86. The van der Waals surface area contributed by atoms with E-state index >= 15 is 0 Å². The summed E-state index contributed by atoms with van der Waals surface area (Å²) in [6, 6.07) is 5.67. The third-order valence-corrected chi connectivity index (χ3v) is 3.93. The number of aryl methyl sites for hydroxylation is 1. The first kappa shape index (κ1) is 14.3. The molecule has 1 fully saturated rings. The SMILES string of the molecule is CCCN1CCCC(Nc2c(C)cccc2F)CC1. The van der Waals surface area contributed by atoms with Crippen LogP contribution in [0.25, 0.3) is 0 Å². The van der Waals surface area contributed by atoms with Gasteiger partial charge in [0, 0.05) is 12.6 Å². The zero-order valence-electron chi connectivity index (χ0n) is 12.1. The predicted octanol–water partition coefficient (Wildman–Crippen LogP) is 3.81. The average molecular weight is 264 g/mol. The molecule has 1 aromatic rings. The van der Waals surface area contributed by atoms with Gasteiger partial charge in [-0.3, -0.25) is 0 Å². The Morgan fingerprint density at radius 3 is 2.89 bits per heavy atom. The number of para-hydroxylation sites is 1. The molecule has 1 unspecified atom stereocenters. The molecular weight excluding hydrogens is 239 g/mol. The first-order valence-electron chi connectivity index (χ1n) is 7.44. The van der Waals surface area contributed by atoms with Crippen molar-refractivity contribution in [3.63, 3.8) is 0 Å². The van der Waals surface area contributed by atoms with Crippen LogP contribution in [0.4, 0.5) is 10.1 Å². The fraction of sp³-hybridized carbons (Fsp3) is 0.625. The Morgan fingerprint density at radius 2 is 2.16 bits per heavy atom. The number of nitrogens with one attached hydrogen (secondary N) is 1. The zero-order valence-corrected chi connectivity index (χ0v) is 12.1. The summed E-state index contributed by atoms with van der Waals surface area (Å²) in [5.41, 5.74) is 1.69. The van der Waals surface area contributed by atoms with E-state index in [0.29, 0.717) is 11.7 Å². The first-order valence-corrected chi connectivity index (χ1v) is 7.44. The Hall–Kier alpha value is -1.09. The van der Waals surface area contributed by atoms with E-state index in [0.717, 1.165) is 24.9 Å². The van der Waals surface area contributed by atoms with Crippen LogP contribution in [0.2, 0.25) is 0 Å². The van der Waals surface area contributed by atoms with Gasteiger partial charge in [0.15, 0.2) is 0 Å². The van der Waals surface area contributed by atoms with Crippen molar-refractivity contribution in [2.24, 2.45) is 0 Å². The Morgan fingerprint density at radius 1 is 1.32 bits per heavy atom. The lowest BCUT2D eigenvalue weighted by Crippen LogP contribution is -2.27. The number of nitrogens with zero attached hydrogens (tertiary/aromatic N) is 1. The third-order valence-electron chi connectivity index (χ3n) is 3.93. The van der Waals surface area contributed by atoms with Gasteiger partial charge in [-0.25, -0.2) is 4.39 Å². The van der Waals surface area contributed by atoms with Gasteiger partial charge in [-0.2, -0.15) is 0 Å². The standard InChI is InChI=1S/C16H25FN2/c1-3-10-19-11-5-7-14(9-12-19)18-16-13(2)6-4-8-15(16)17/h4,6,8,14,18H,3,5,7,9-12H2,1-2H3. The molecule has 0 spiro atoms. The van der Waals surface area contributed by atoms with E-state index in [-0.39, 0.29) is 5.82 Å². The summed E-state index contributed by atoms with van der Waals surface area (Å²) in [7, 11) is 0. The molecule has 1 heterocycles. The van der Waals surface area contributed by atoms with Gasteiger partial charge in [0.05, 0.1) is 5.69 Å². The van der Waals surface area contributed by atoms with Crippen molar-refractivity contribution in [1.82, 2.24) is 4.90 Å². The number of benzene rings is 1. The lowest BCUT2D eigenvalue weighted by Gasteiger charge is -2.21. The van der Waals surface area contributed by atoms with Crippen LogP contribution in [0, 0.1) is 12.7 Å². The largest absolute Gasteiger partial charge is 0.380 e. The Labute approximate surface area is 116 Å². The molecule has 0 aliphatic carbocycles. The van der Waals surface area contributed by atoms with Crippen LogP contribution >= 0.6 is 0 Å². The monoisotopic (exact) mass is 264 g/mol. The van der Waals surface area contributed by atoms with Crippen LogP contribution in [0.3, 0.4) is 0 Å². The van der Waals surface area contributed by atoms with Crippen molar-refractivity contribution in [3.05, 3.63) is 29.6 Å². The van der Waals surface area contributed by atoms with Gasteiger partial charge in [-0.05, 0) is 57.3 Å². The second kappa shape index (κ2) is 6.90. The molecule has 1 aliphatic rings. The van der Waals surface area contributed by atoms with Crippen molar-refractivity contribution >= 4 is 5.69 Å². The highest BCUT2D eigenvalue weighted by atomic mass is 19.1. The average Bonchev–Trinajstić information content (AvgIpc) is 2.60. The predicted molar refractivity (Wildman–Crippen MR) is 79.1 cm³/mol. The van der Waals surface area contributed by atoms with Crippen LogP contribution in [-0.2, 0) is 0 Å². The maximum Gasteiger partial charge on any atom is 0.146 e.